The van der Waals surface area contributed by atoms with Crippen LogP contribution >= 0.6 is 11.6 Å². The van der Waals surface area contributed by atoms with Crippen LogP contribution in [-0.4, -0.2) is 16.2 Å². The number of hydrogen-bond donors (Lipinski definition) is 1. The van der Waals surface area contributed by atoms with Gasteiger partial charge in [-0.05, 0) is 36.6 Å². The van der Waals surface area contributed by atoms with E-state index in [1.807, 2.05) is 12.1 Å². The minimum Gasteiger partial charge on any atom is -0.485 e. The average molecular weight is 282 g/mol. The van der Waals surface area contributed by atoms with Crippen LogP contribution in [0.4, 0.5) is 0 Å². The van der Waals surface area contributed by atoms with Gasteiger partial charge in [-0.1, -0.05) is 23.7 Å². The Hall–Kier alpha value is -1.59. The van der Waals surface area contributed by atoms with E-state index in [-0.39, 0.29) is 12.6 Å². The zero-order chi connectivity index (χ0) is 13.7. The molecule has 0 radical (unpaired) electrons. The van der Waals surface area contributed by atoms with Crippen LogP contribution in [0.1, 0.15) is 24.7 Å². The van der Waals surface area contributed by atoms with Crippen molar-refractivity contribution in [3.8, 4) is 5.75 Å². The molecular formula is C13H16ClN3O2. The summed E-state index contributed by atoms with van der Waals surface area (Å²) in [5.41, 5.74) is 6.97. The molecule has 0 aliphatic rings. The SMILES string of the molecule is CCC(N)Cc1cc(Cl)ccc1OCc1ncon1. The molecule has 1 aromatic heterocycles. The molecular weight excluding hydrogens is 266 g/mol. The van der Waals surface area contributed by atoms with Crippen LogP contribution in [0.2, 0.25) is 5.02 Å². The summed E-state index contributed by atoms with van der Waals surface area (Å²) in [6.07, 6.45) is 2.89. The number of hydrogen-bond acceptors (Lipinski definition) is 5. The van der Waals surface area contributed by atoms with Gasteiger partial charge in [-0.15, -0.1) is 0 Å². The second kappa shape index (κ2) is 6.54. The Morgan fingerprint density at radius 1 is 1.47 bits per heavy atom. The zero-order valence-electron chi connectivity index (χ0n) is 10.7. The Morgan fingerprint density at radius 3 is 3.00 bits per heavy atom. The first-order chi connectivity index (χ1) is 9.19. The van der Waals surface area contributed by atoms with Gasteiger partial charge in [0.1, 0.15) is 5.75 Å². The highest BCUT2D eigenvalue weighted by Gasteiger charge is 2.10. The smallest absolute Gasteiger partial charge is 0.213 e. The van der Waals surface area contributed by atoms with Gasteiger partial charge in [0.05, 0.1) is 0 Å². The number of ether oxygens (including phenoxy) is 1. The standard InChI is InChI=1S/C13H16ClN3O2/c1-2-11(15)6-9-5-10(14)3-4-12(9)18-7-13-16-8-19-17-13/h3-5,8,11H,2,6-7,15H2,1H3. The molecule has 5 nitrogen and oxygen atoms in total. The first-order valence-corrected chi connectivity index (χ1v) is 6.49. The van der Waals surface area contributed by atoms with Gasteiger partial charge in [0.15, 0.2) is 6.61 Å². The molecule has 0 fully saturated rings. The molecule has 0 saturated heterocycles. The van der Waals surface area contributed by atoms with E-state index in [2.05, 4.69) is 21.6 Å². The summed E-state index contributed by atoms with van der Waals surface area (Å²) in [6, 6.07) is 5.59. The predicted molar refractivity (Wildman–Crippen MR) is 72.1 cm³/mol. The van der Waals surface area contributed by atoms with Crippen molar-refractivity contribution in [1.82, 2.24) is 10.1 Å². The molecule has 0 aliphatic heterocycles. The fourth-order valence-electron chi connectivity index (χ4n) is 1.67. The molecule has 2 aromatic rings. The normalized spacial score (nSPS) is 12.4. The van der Waals surface area contributed by atoms with Crippen LogP contribution in [0.25, 0.3) is 0 Å². The molecule has 1 unspecified atom stereocenters. The van der Waals surface area contributed by atoms with E-state index in [1.165, 1.54) is 6.39 Å². The number of halogens is 1. The molecule has 0 aliphatic carbocycles. The Balaban J connectivity index is 2.09. The molecule has 1 aromatic carbocycles. The van der Waals surface area contributed by atoms with Crippen molar-refractivity contribution in [2.75, 3.05) is 0 Å². The van der Waals surface area contributed by atoms with Crippen LogP contribution in [0.5, 0.6) is 5.75 Å². The average Bonchev–Trinajstić information content (AvgIpc) is 2.91. The Labute approximate surface area is 116 Å². The van der Waals surface area contributed by atoms with E-state index < -0.39 is 0 Å². The summed E-state index contributed by atoms with van der Waals surface area (Å²) in [7, 11) is 0. The van der Waals surface area contributed by atoms with E-state index >= 15 is 0 Å². The van der Waals surface area contributed by atoms with Gasteiger partial charge < -0.3 is 15.0 Å². The first-order valence-electron chi connectivity index (χ1n) is 6.11. The number of nitrogens with two attached hydrogens (primary N) is 1. The molecule has 102 valence electrons. The maximum absolute atomic E-state index is 6.01. The van der Waals surface area contributed by atoms with Crippen molar-refractivity contribution < 1.29 is 9.26 Å². The number of nitrogens with zero attached hydrogens (tertiary/aromatic N) is 2. The minimum atomic E-state index is 0.0889. The Bertz CT molecular complexity index is 517. The third-order valence-corrected chi connectivity index (χ3v) is 3.03. The molecule has 0 saturated carbocycles. The second-order valence-corrected chi connectivity index (χ2v) is 4.70. The van der Waals surface area contributed by atoms with Crippen LogP contribution in [0, 0.1) is 0 Å². The number of benzene rings is 1. The summed E-state index contributed by atoms with van der Waals surface area (Å²) < 4.78 is 10.3. The van der Waals surface area contributed by atoms with Crippen molar-refractivity contribution in [3.63, 3.8) is 0 Å². The Morgan fingerprint density at radius 2 is 2.32 bits per heavy atom. The highest BCUT2D eigenvalue weighted by Crippen LogP contribution is 2.25. The van der Waals surface area contributed by atoms with Gasteiger partial charge in [-0.2, -0.15) is 4.98 Å². The summed E-state index contributed by atoms with van der Waals surface area (Å²) in [5.74, 6) is 1.25. The van der Waals surface area contributed by atoms with Crippen molar-refractivity contribution in [2.24, 2.45) is 5.73 Å². The topological polar surface area (TPSA) is 74.2 Å². The summed E-state index contributed by atoms with van der Waals surface area (Å²) >= 11 is 6.01. The zero-order valence-corrected chi connectivity index (χ0v) is 11.4. The van der Waals surface area contributed by atoms with Crippen molar-refractivity contribution in [2.45, 2.75) is 32.4 Å². The third kappa shape index (κ3) is 3.94. The fraction of sp³-hybridized carbons (Fsp3) is 0.385. The minimum absolute atomic E-state index is 0.0889. The van der Waals surface area contributed by atoms with Crippen molar-refractivity contribution in [1.29, 1.82) is 0 Å². The van der Waals surface area contributed by atoms with Crippen molar-refractivity contribution >= 4 is 11.6 Å². The van der Waals surface area contributed by atoms with E-state index in [0.29, 0.717) is 10.8 Å². The largest absolute Gasteiger partial charge is 0.485 e. The van der Waals surface area contributed by atoms with Gasteiger partial charge in [-0.3, -0.25) is 0 Å². The van der Waals surface area contributed by atoms with Crippen LogP contribution in [-0.2, 0) is 13.0 Å². The molecule has 2 rings (SSSR count). The maximum atomic E-state index is 6.01. The quantitative estimate of drug-likeness (QED) is 0.881. The van der Waals surface area contributed by atoms with Crippen molar-refractivity contribution in [3.05, 3.63) is 41.0 Å². The van der Waals surface area contributed by atoms with Gasteiger partial charge in [0.2, 0.25) is 12.2 Å². The monoisotopic (exact) mass is 281 g/mol. The van der Waals surface area contributed by atoms with Crippen LogP contribution in [0.3, 0.4) is 0 Å². The highest BCUT2D eigenvalue weighted by molar-refractivity contribution is 6.30. The van der Waals surface area contributed by atoms with Gasteiger partial charge >= 0.3 is 0 Å². The summed E-state index contributed by atoms with van der Waals surface area (Å²) in [5, 5.41) is 4.37. The molecule has 1 atom stereocenters. The summed E-state index contributed by atoms with van der Waals surface area (Å²) in [4.78, 5) is 3.90. The van der Waals surface area contributed by atoms with Crippen LogP contribution in [0.15, 0.2) is 29.1 Å². The maximum Gasteiger partial charge on any atom is 0.213 e. The van der Waals surface area contributed by atoms with Gasteiger partial charge in [-0.25, -0.2) is 0 Å². The lowest BCUT2D eigenvalue weighted by Gasteiger charge is -2.14. The molecule has 1 heterocycles. The van der Waals surface area contributed by atoms with Crippen LogP contribution < -0.4 is 10.5 Å². The lowest BCUT2D eigenvalue weighted by Crippen LogP contribution is -2.21. The molecule has 6 heteroatoms. The van der Waals surface area contributed by atoms with E-state index in [4.69, 9.17) is 22.1 Å². The lowest BCUT2D eigenvalue weighted by molar-refractivity contribution is 0.283. The molecule has 2 N–H and O–H groups in total. The number of rotatable bonds is 6. The highest BCUT2D eigenvalue weighted by atomic mass is 35.5. The second-order valence-electron chi connectivity index (χ2n) is 4.26. The lowest BCUT2D eigenvalue weighted by atomic mass is 10.0. The fourth-order valence-corrected chi connectivity index (χ4v) is 1.87. The molecule has 19 heavy (non-hydrogen) atoms. The van der Waals surface area contributed by atoms with E-state index in [1.54, 1.807) is 6.07 Å². The third-order valence-electron chi connectivity index (χ3n) is 2.79. The molecule has 0 amide bonds. The molecule has 0 bridgehead atoms. The van der Waals surface area contributed by atoms with E-state index in [9.17, 15) is 0 Å². The van der Waals surface area contributed by atoms with E-state index in [0.717, 1.165) is 24.2 Å². The molecule has 0 spiro atoms. The Kier molecular flexibility index (Phi) is 4.76. The van der Waals surface area contributed by atoms with Gasteiger partial charge in [0.25, 0.3) is 0 Å². The number of aromatic nitrogens is 2. The summed E-state index contributed by atoms with van der Waals surface area (Å²) in [6.45, 7) is 2.31. The predicted octanol–water partition coefficient (Wildman–Crippen LogP) is 2.58. The van der Waals surface area contributed by atoms with Gasteiger partial charge in [0, 0.05) is 11.1 Å². The first kappa shape index (κ1) is 13.8.